The Morgan fingerprint density at radius 2 is 1.93 bits per heavy atom. The van der Waals surface area contributed by atoms with Crippen LogP contribution in [0, 0.1) is 6.92 Å². The number of hydrogen-bond acceptors (Lipinski definition) is 4. The van der Waals surface area contributed by atoms with Gasteiger partial charge in [0.2, 0.25) is 0 Å². The van der Waals surface area contributed by atoms with E-state index in [1.807, 2.05) is 39.8 Å². The second-order valence-electron chi connectivity index (χ2n) is 8.15. The summed E-state index contributed by atoms with van der Waals surface area (Å²) in [6.45, 7) is 7.90. The molecule has 9 heteroatoms. The molecule has 2 aromatic heterocycles. The smallest absolute Gasteiger partial charge is 0.258 e. The fraction of sp³-hybridized carbons (Fsp3) is 0.286. The molecule has 0 saturated carbocycles. The summed E-state index contributed by atoms with van der Waals surface area (Å²) in [7, 11) is 0. The van der Waals surface area contributed by atoms with Gasteiger partial charge >= 0.3 is 0 Å². The minimum absolute atomic E-state index is 0.108. The number of halogens is 3. The predicted molar refractivity (Wildman–Crippen MR) is 123 cm³/mol. The number of rotatable bonds is 2. The standard InChI is InChI=1S/C21H20BrCl2N5O/c1-11-8-12(23)9-13-17(11)26-19(28(20(13)30)21(2,3)4)15-10-16(22)27-29(15)18-14(24)6-5-7-25-18/h5-10,19,26H,1-4H3. The number of anilines is 1. The van der Waals surface area contributed by atoms with E-state index in [0.717, 1.165) is 16.9 Å². The lowest BCUT2D eigenvalue weighted by Crippen LogP contribution is -2.53. The largest absolute Gasteiger partial charge is 0.359 e. The number of hydrogen-bond donors (Lipinski definition) is 1. The Hall–Kier alpha value is -2.09. The van der Waals surface area contributed by atoms with Crippen molar-refractivity contribution in [2.75, 3.05) is 5.32 Å². The molecule has 0 radical (unpaired) electrons. The summed E-state index contributed by atoms with van der Waals surface area (Å²) in [5.74, 6) is 0.379. The van der Waals surface area contributed by atoms with Crippen LogP contribution in [-0.4, -0.2) is 31.1 Å². The van der Waals surface area contributed by atoms with E-state index in [9.17, 15) is 4.79 Å². The summed E-state index contributed by atoms with van der Waals surface area (Å²) in [4.78, 5) is 19.8. The Bertz CT molecular complexity index is 1150. The van der Waals surface area contributed by atoms with E-state index in [2.05, 4.69) is 31.3 Å². The second kappa shape index (κ2) is 7.55. The van der Waals surface area contributed by atoms with Gasteiger partial charge in [0.05, 0.1) is 22.0 Å². The normalized spacial score (nSPS) is 16.4. The van der Waals surface area contributed by atoms with E-state index in [1.54, 1.807) is 34.0 Å². The lowest BCUT2D eigenvalue weighted by Gasteiger charge is -2.45. The minimum atomic E-state index is -0.498. The molecule has 3 heterocycles. The van der Waals surface area contributed by atoms with E-state index in [-0.39, 0.29) is 5.91 Å². The second-order valence-corrected chi connectivity index (χ2v) is 9.81. The summed E-state index contributed by atoms with van der Waals surface area (Å²) >= 11 is 16.1. The number of aromatic nitrogens is 3. The van der Waals surface area contributed by atoms with Crippen molar-refractivity contribution >= 4 is 50.7 Å². The van der Waals surface area contributed by atoms with Crippen molar-refractivity contribution in [2.24, 2.45) is 0 Å². The van der Waals surface area contributed by atoms with Gasteiger partial charge in [-0.2, -0.15) is 5.10 Å². The highest BCUT2D eigenvalue weighted by Gasteiger charge is 2.42. The maximum Gasteiger partial charge on any atom is 0.258 e. The molecule has 0 fully saturated rings. The van der Waals surface area contributed by atoms with Crippen LogP contribution >= 0.6 is 39.1 Å². The van der Waals surface area contributed by atoms with Crippen molar-refractivity contribution in [3.05, 3.63) is 68.0 Å². The number of benzene rings is 1. The van der Waals surface area contributed by atoms with Gasteiger partial charge in [0.25, 0.3) is 5.91 Å². The molecule has 3 aromatic rings. The topological polar surface area (TPSA) is 63.1 Å². The van der Waals surface area contributed by atoms with Gasteiger partial charge in [-0.15, -0.1) is 0 Å². The van der Waals surface area contributed by atoms with E-state index < -0.39 is 11.7 Å². The number of carbonyl (C=O) groups is 1. The molecule has 30 heavy (non-hydrogen) atoms. The zero-order chi connectivity index (χ0) is 21.8. The lowest BCUT2D eigenvalue weighted by molar-refractivity contribution is 0.0444. The van der Waals surface area contributed by atoms with E-state index in [0.29, 0.717) is 26.0 Å². The summed E-state index contributed by atoms with van der Waals surface area (Å²) in [5, 5.41) is 9.06. The first kappa shape index (κ1) is 21.2. The first-order valence-electron chi connectivity index (χ1n) is 9.34. The summed E-state index contributed by atoms with van der Waals surface area (Å²) < 4.78 is 2.27. The molecule has 0 spiro atoms. The number of fused-ring (bicyclic) bond motifs is 1. The number of aryl methyl sites for hydroxylation is 1. The summed E-state index contributed by atoms with van der Waals surface area (Å²) in [5.41, 5.74) is 2.44. The number of nitrogens with one attached hydrogen (secondary N) is 1. The molecular formula is C21H20BrCl2N5O. The van der Waals surface area contributed by atoms with Crippen molar-refractivity contribution in [1.82, 2.24) is 19.7 Å². The van der Waals surface area contributed by atoms with Crippen LogP contribution in [0.1, 0.15) is 48.6 Å². The first-order chi connectivity index (χ1) is 14.1. The third kappa shape index (κ3) is 3.59. The van der Waals surface area contributed by atoms with Crippen LogP contribution < -0.4 is 5.32 Å². The third-order valence-corrected chi connectivity index (χ3v) is 5.84. The van der Waals surface area contributed by atoms with Crippen molar-refractivity contribution in [2.45, 2.75) is 39.4 Å². The molecule has 0 aliphatic carbocycles. The van der Waals surface area contributed by atoms with Gasteiger partial charge < -0.3 is 10.2 Å². The Labute approximate surface area is 193 Å². The van der Waals surface area contributed by atoms with Gasteiger partial charge in [0.1, 0.15) is 10.8 Å². The molecule has 0 saturated heterocycles. The van der Waals surface area contributed by atoms with Gasteiger partial charge in [-0.05, 0) is 79.5 Å². The van der Waals surface area contributed by atoms with Crippen molar-refractivity contribution in [3.63, 3.8) is 0 Å². The third-order valence-electron chi connectivity index (χ3n) is 4.94. The number of amides is 1. The Morgan fingerprint density at radius 3 is 2.60 bits per heavy atom. The van der Waals surface area contributed by atoms with Crippen LogP contribution in [0.3, 0.4) is 0 Å². The van der Waals surface area contributed by atoms with Crippen LogP contribution in [0.25, 0.3) is 5.82 Å². The quantitative estimate of drug-likeness (QED) is 0.460. The predicted octanol–water partition coefficient (Wildman–Crippen LogP) is 6.01. The van der Waals surface area contributed by atoms with E-state index >= 15 is 0 Å². The van der Waals surface area contributed by atoms with Gasteiger partial charge in [0, 0.05) is 16.8 Å². The fourth-order valence-electron chi connectivity index (χ4n) is 3.71. The number of carbonyl (C=O) groups excluding carboxylic acids is 1. The van der Waals surface area contributed by atoms with Crippen molar-refractivity contribution < 1.29 is 4.79 Å². The highest BCUT2D eigenvalue weighted by atomic mass is 79.9. The molecule has 1 atom stereocenters. The van der Waals surface area contributed by atoms with Crippen LogP contribution in [0.4, 0.5) is 5.69 Å². The maximum absolute atomic E-state index is 13.6. The zero-order valence-corrected chi connectivity index (χ0v) is 20.0. The van der Waals surface area contributed by atoms with Crippen LogP contribution in [0.2, 0.25) is 10.0 Å². The Kier molecular flexibility index (Phi) is 5.33. The maximum atomic E-state index is 13.6. The van der Waals surface area contributed by atoms with Gasteiger partial charge in [-0.3, -0.25) is 4.79 Å². The van der Waals surface area contributed by atoms with E-state index in [4.69, 9.17) is 23.2 Å². The molecule has 1 aromatic carbocycles. The summed E-state index contributed by atoms with van der Waals surface area (Å²) in [6, 6.07) is 8.93. The molecule has 1 aliphatic rings. The van der Waals surface area contributed by atoms with Crippen molar-refractivity contribution in [3.8, 4) is 5.82 Å². The van der Waals surface area contributed by atoms with Crippen molar-refractivity contribution in [1.29, 1.82) is 0 Å². The molecule has 1 aliphatic heterocycles. The fourth-order valence-corrected chi connectivity index (χ4v) is 4.58. The first-order valence-corrected chi connectivity index (χ1v) is 10.9. The lowest BCUT2D eigenvalue weighted by atomic mass is 9.96. The molecule has 1 N–H and O–H groups in total. The minimum Gasteiger partial charge on any atom is -0.359 e. The molecule has 156 valence electrons. The monoisotopic (exact) mass is 507 g/mol. The Balaban J connectivity index is 1.94. The summed E-state index contributed by atoms with van der Waals surface area (Å²) in [6.07, 6.45) is 1.16. The van der Waals surface area contributed by atoms with Crippen LogP contribution in [0.5, 0.6) is 0 Å². The van der Waals surface area contributed by atoms with Crippen LogP contribution in [-0.2, 0) is 0 Å². The highest BCUT2D eigenvalue weighted by Crippen LogP contribution is 2.41. The average molecular weight is 509 g/mol. The zero-order valence-electron chi connectivity index (χ0n) is 16.9. The molecule has 4 rings (SSSR count). The molecule has 0 bridgehead atoms. The Morgan fingerprint density at radius 1 is 1.20 bits per heavy atom. The molecule has 1 unspecified atom stereocenters. The van der Waals surface area contributed by atoms with E-state index in [1.165, 1.54) is 0 Å². The SMILES string of the molecule is Cc1cc(Cl)cc2c1NC(c1cc(Br)nn1-c1ncccc1Cl)N(C(C)(C)C)C2=O. The number of pyridine rings is 1. The highest BCUT2D eigenvalue weighted by molar-refractivity contribution is 9.10. The number of nitrogens with zero attached hydrogens (tertiary/aromatic N) is 4. The molecular weight excluding hydrogens is 489 g/mol. The van der Waals surface area contributed by atoms with Gasteiger partial charge in [-0.1, -0.05) is 23.2 Å². The van der Waals surface area contributed by atoms with Gasteiger partial charge in [-0.25, -0.2) is 9.67 Å². The molecule has 6 nitrogen and oxygen atoms in total. The van der Waals surface area contributed by atoms with Gasteiger partial charge in [0.15, 0.2) is 5.82 Å². The van der Waals surface area contributed by atoms with Crippen LogP contribution in [0.15, 0.2) is 41.1 Å². The average Bonchev–Trinajstić information content (AvgIpc) is 3.03. The molecule has 1 amide bonds.